The van der Waals surface area contributed by atoms with Crippen LogP contribution in [0.1, 0.15) is 61.1 Å². The van der Waals surface area contributed by atoms with Crippen LogP contribution in [-0.2, 0) is 22.3 Å². The van der Waals surface area contributed by atoms with Crippen LogP contribution in [0.15, 0.2) is 18.2 Å². The molecule has 0 aromatic heterocycles. The van der Waals surface area contributed by atoms with Gasteiger partial charge in [-0.3, -0.25) is 0 Å². The van der Waals surface area contributed by atoms with Crippen LogP contribution < -0.4 is 5.73 Å². The maximum absolute atomic E-state index is 6.09. The first-order valence-corrected chi connectivity index (χ1v) is 9.84. The second kappa shape index (κ2) is 7.55. The van der Waals surface area contributed by atoms with Crippen molar-refractivity contribution in [2.75, 3.05) is 19.8 Å². The van der Waals surface area contributed by atoms with E-state index in [1.54, 1.807) is 11.1 Å². The van der Waals surface area contributed by atoms with Gasteiger partial charge in [0.2, 0.25) is 0 Å². The third-order valence-corrected chi connectivity index (χ3v) is 6.22. The molecule has 4 rings (SSSR count). The van der Waals surface area contributed by atoms with Gasteiger partial charge in [-0.05, 0) is 79.9 Å². The van der Waals surface area contributed by atoms with Gasteiger partial charge in [-0.1, -0.05) is 18.2 Å². The van der Waals surface area contributed by atoms with Crippen molar-refractivity contribution in [3.05, 3.63) is 34.9 Å². The Bertz CT molecular complexity index is 555. The summed E-state index contributed by atoms with van der Waals surface area (Å²) in [4.78, 5) is 0. The molecule has 3 nitrogen and oxygen atoms in total. The predicted molar refractivity (Wildman–Crippen MR) is 96.3 cm³/mol. The van der Waals surface area contributed by atoms with Gasteiger partial charge in [-0.15, -0.1) is 0 Å². The van der Waals surface area contributed by atoms with Gasteiger partial charge in [-0.25, -0.2) is 0 Å². The number of rotatable bonds is 6. The average molecular weight is 329 g/mol. The van der Waals surface area contributed by atoms with Gasteiger partial charge in [0.1, 0.15) is 6.10 Å². The van der Waals surface area contributed by atoms with E-state index in [0.29, 0.717) is 18.1 Å². The summed E-state index contributed by atoms with van der Waals surface area (Å²) in [5.74, 6) is 1.54. The third-order valence-electron chi connectivity index (χ3n) is 6.22. The van der Waals surface area contributed by atoms with Crippen molar-refractivity contribution < 1.29 is 9.47 Å². The molecule has 0 amide bonds. The summed E-state index contributed by atoms with van der Waals surface area (Å²) in [6.45, 7) is 2.49. The highest BCUT2D eigenvalue weighted by Crippen LogP contribution is 2.36. The van der Waals surface area contributed by atoms with Crippen molar-refractivity contribution in [3.63, 3.8) is 0 Å². The lowest BCUT2D eigenvalue weighted by atomic mass is 9.80. The first kappa shape index (κ1) is 16.6. The number of nitrogens with two attached hydrogens (primary N) is 1. The van der Waals surface area contributed by atoms with Crippen LogP contribution in [0.2, 0.25) is 0 Å². The Hall–Kier alpha value is -0.900. The molecular formula is C21H31NO2. The monoisotopic (exact) mass is 329 g/mol. The van der Waals surface area contributed by atoms with E-state index >= 15 is 0 Å². The van der Waals surface area contributed by atoms with Crippen LogP contribution in [0.5, 0.6) is 0 Å². The Labute approximate surface area is 145 Å². The molecule has 1 saturated carbocycles. The molecule has 1 heterocycles. The highest BCUT2D eigenvalue weighted by Gasteiger charge is 2.25. The van der Waals surface area contributed by atoms with Gasteiger partial charge in [0.25, 0.3) is 0 Å². The van der Waals surface area contributed by atoms with E-state index in [2.05, 4.69) is 18.2 Å². The van der Waals surface area contributed by atoms with Crippen LogP contribution in [0, 0.1) is 5.92 Å². The molecule has 3 atom stereocenters. The fourth-order valence-corrected chi connectivity index (χ4v) is 4.60. The van der Waals surface area contributed by atoms with E-state index in [0.717, 1.165) is 25.7 Å². The minimum absolute atomic E-state index is 0.374. The molecule has 1 aliphatic heterocycles. The molecule has 3 aliphatic rings. The third kappa shape index (κ3) is 3.84. The van der Waals surface area contributed by atoms with Crippen molar-refractivity contribution in [1.29, 1.82) is 0 Å². The van der Waals surface area contributed by atoms with Crippen molar-refractivity contribution >= 4 is 0 Å². The fraction of sp³-hybridized carbons (Fsp3) is 0.714. The van der Waals surface area contributed by atoms with Gasteiger partial charge < -0.3 is 15.2 Å². The quantitative estimate of drug-likeness (QED) is 0.811. The molecule has 0 spiro atoms. The van der Waals surface area contributed by atoms with E-state index in [1.807, 2.05) is 0 Å². The van der Waals surface area contributed by atoms with Crippen molar-refractivity contribution in [2.45, 2.75) is 69.4 Å². The summed E-state index contributed by atoms with van der Waals surface area (Å²) in [6, 6.07) is 7.70. The van der Waals surface area contributed by atoms with Crippen molar-refractivity contribution in [2.24, 2.45) is 11.7 Å². The Morgan fingerprint density at radius 1 is 1.12 bits per heavy atom. The molecular weight excluding hydrogens is 298 g/mol. The minimum Gasteiger partial charge on any atom is -0.376 e. The molecule has 1 saturated heterocycles. The zero-order valence-electron chi connectivity index (χ0n) is 14.7. The molecule has 0 radical (unpaired) electrons. The van der Waals surface area contributed by atoms with Crippen LogP contribution in [-0.4, -0.2) is 32.0 Å². The molecule has 2 fully saturated rings. The number of fused-ring (bicyclic) bond motifs is 1. The number of ether oxygens (including phenoxy) is 2. The Morgan fingerprint density at radius 3 is 2.79 bits per heavy atom. The molecule has 2 N–H and O–H groups in total. The molecule has 2 unspecified atom stereocenters. The summed E-state index contributed by atoms with van der Waals surface area (Å²) in [5, 5.41) is 0. The average Bonchev–Trinajstić information content (AvgIpc) is 2.99. The molecule has 3 heteroatoms. The van der Waals surface area contributed by atoms with Gasteiger partial charge in [0.15, 0.2) is 0 Å². The molecule has 1 aromatic carbocycles. The summed E-state index contributed by atoms with van der Waals surface area (Å²) >= 11 is 0. The highest BCUT2D eigenvalue weighted by atomic mass is 16.6. The maximum atomic E-state index is 6.09. The van der Waals surface area contributed by atoms with Crippen LogP contribution >= 0.6 is 0 Å². The summed E-state index contributed by atoms with van der Waals surface area (Å²) in [7, 11) is 0. The molecule has 24 heavy (non-hydrogen) atoms. The first-order chi connectivity index (χ1) is 11.8. The normalized spacial score (nSPS) is 30.1. The predicted octanol–water partition coefficient (Wildman–Crippen LogP) is 3.58. The molecule has 132 valence electrons. The van der Waals surface area contributed by atoms with Crippen LogP contribution in [0.3, 0.4) is 0 Å². The Morgan fingerprint density at radius 2 is 2.04 bits per heavy atom. The minimum atomic E-state index is 0.374. The van der Waals surface area contributed by atoms with Gasteiger partial charge in [-0.2, -0.15) is 0 Å². The molecule has 0 bridgehead atoms. The Kier molecular flexibility index (Phi) is 5.21. The van der Waals surface area contributed by atoms with E-state index in [-0.39, 0.29) is 0 Å². The lowest BCUT2D eigenvalue weighted by Crippen LogP contribution is -2.36. The van der Waals surface area contributed by atoms with E-state index in [9.17, 15) is 0 Å². The highest BCUT2D eigenvalue weighted by molar-refractivity contribution is 5.36. The number of aryl methyl sites for hydroxylation is 1. The van der Waals surface area contributed by atoms with E-state index in [1.165, 1.54) is 56.9 Å². The van der Waals surface area contributed by atoms with Gasteiger partial charge in [0, 0.05) is 12.6 Å². The number of hydrogen-bond acceptors (Lipinski definition) is 3. The Balaban J connectivity index is 1.27. The zero-order chi connectivity index (χ0) is 16.4. The number of benzene rings is 1. The van der Waals surface area contributed by atoms with Gasteiger partial charge in [0.05, 0.1) is 13.2 Å². The fourth-order valence-electron chi connectivity index (χ4n) is 4.60. The first-order valence-electron chi connectivity index (χ1n) is 9.84. The smallest absolute Gasteiger partial charge is 0.104 e. The summed E-state index contributed by atoms with van der Waals surface area (Å²) < 4.78 is 10.9. The number of hydrogen-bond donors (Lipinski definition) is 1. The van der Waals surface area contributed by atoms with Gasteiger partial charge >= 0.3 is 0 Å². The van der Waals surface area contributed by atoms with Crippen LogP contribution in [0.4, 0.5) is 0 Å². The van der Waals surface area contributed by atoms with Crippen LogP contribution in [0.25, 0.3) is 0 Å². The molecule has 2 aliphatic carbocycles. The topological polar surface area (TPSA) is 44.5 Å². The largest absolute Gasteiger partial charge is 0.376 e. The zero-order valence-corrected chi connectivity index (χ0v) is 14.7. The summed E-state index contributed by atoms with van der Waals surface area (Å²) in [6.07, 6.45) is 10.4. The van der Waals surface area contributed by atoms with Crippen molar-refractivity contribution in [3.8, 4) is 0 Å². The SMILES string of the molecule is NC1CCC(c2ccc3c(c2)CC[C@H](CCCOC2COC2)C3)C1. The second-order valence-corrected chi connectivity index (χ2v) is 8.08. The lowest BCUT2D eigenvalue weighted by Gasteiger charge is -2.28. The standard InChI is InChI=1S/C21H31NO2/c22-20-8-7-19(12-20)18-6-5-16-10-15(3-4-17(16)11-18)2-1-9-24-21-13-23-14-21/h5-6,11,15,19-21H,1-4,7-10,12-14,22H2/t15-,19?,20?/m0/s1. The lowest BCUT2D eigenvalue weighted by molar-refractivity contribution is -0.130. The second-order valence-electron chi connectivity index (χ2n) is 8.08. The van der Waals surface area contributed by atoms with Crippen molar-refractivity contribution in [1.82, 2.24) is 0 Å². The molecule has 1 aromatic rings. The van der Waals surface area contributed by atoms with E-state index in [4.69, 9.17) is 15.2 Å². The van der Waals surface area contributed by atoms with E-state index < -0.39 is 0 Å². The summed E-state index contributed by atoms with van der Waals surface area (Å²) in [5.41, 5.74) is 10.8. The maximum Gasteiger partial charge on any atom is 0.104 e.